The molecule has 0 saturated carbocycles. The summed E-state index contributed by atoms with van der Waals surface area (Å²) in [6, 6.07) is 5.30. The van der Waals surface area contributed by atoms with Crippen LogP contribution in [0.15, 0.2) is 18.2 Å². The van der Waals surface area contributed by atoms with E-state index in [4.69, 9.17) is 5.73 Å². The van der Waals surface area contributed by atoms with Crippen LogP contribution >= 0.6 is 0 Å². The predicted octanol–water partition coefficient (Wildman–Crippen LogP) is 2.33. The molecule has 0 bridgehead atoms. The summed E-state index contributed by atoms with van der Waals surface area (Å²) in [6.45, 7) is 5.39. The van der Waals surface area contributed by atoms with Gasteiger partial charge in [0.15, 0.2) is 0 Å². The number of benzene rings is 1. The molecule has 0 radical (unpaired) electrons. The second-order valence-corrected chi connectivity index (χ2v) is 5.05. The van der Waals surface area contributed by atoms with Crippen LogP contribution in [0.25, 0.3) is 0 Å². The number of nitrogens with zero attached hydrogens (tertiary/aromatic N) is 2. The van der Waals surface area contributed by atoms with Gasteiger partial charge in [-0.1, -0.05) is 6.92 Å². The molecule has 1 heterocycles. The summed E-state index contributed by atoms with van der Waals surface area (Å²) < 4.78 is 13.3. The first-order valence-electron chi connectivity index (χ1n) is 6.61. The Morgan fingerprint density at radius 3 is 2.89 bits per heavy atom. The Balaban J connectivity index is 2.04. The largest absolute Gasteiger partial charge is 0.399 e. The van der Waals surface area contributed by atoms with Crippen LogP contribution in [0, 0.1) is 5.82 Å². The molecule has 1 fully saturated rings. The van der Waals surface area contributed by atoms with Crippen molar-refractivity contribution >= 4 is 11.4 Å². The highest BCUT2D eigenvalue weighted by Gasteiger charge is 2.24. The molecule has 0 aromatic heterocycles. The maximum atomic E-state index is 13.3. The van der Waals surface area contributed by atoms with Crippen molar-refractivity contribution in [3.63, 3.8) is 0 Å². The van der Waals surface area contributed by atoms with Crippen molar-refractivity contribution in [1.82, 2.24) is 4.90 Å². The molecule has 1 aliphatic heterocycles. The lowest BCUT2D eigenvalue weighted by Gasteiger charge is -2.29. The van der Waals surface area contributed by atoms with E-state index in [1.807, 2.05) is 13.1 Å². The van der Waals surface area contributed by atoms with Gasteiger partial charge in [0.25, 0.3) is 0 Å². The lowest BCUT2D eigenvalue weighted by molar-refractivity contribution is 0.270. The molecular formula is C14H22FN3. The second kappa shape index (κ2) is 5.57. The number of halogens is 1. The average molecular weight is 251 g/mol. The molecule has 0 aliphatic carbocycles. The molecule has 1 unspecified atom stereocenters. The molecule has 2 rings (SSSR count). The third-order valence-corrected chi connectivity index (χ3v) is 3.74. The van der Waals surface area contributed by atoms with Crippen LogP contribution in [-0.4, -0.2) is 37.6 Å². The highest BCUT2D eigenvalue weighted by atomic mass is 19.1. The molecule has 100 valence electrons. The Morgan fingerprint density at radius 1 is 1.44 bits per heavy atom. The van der Waals surface area contributed by atoms with Gasteiger partial charge in [-0.05, 0) is 44.1 Å². The maximum absolute atomic E-state index is 13.3. The van der Waals surface area contributed by atoms with Crippen molar-refractivity contribution in [1.29, 1.82) is 0 Å². The zero-order valence-corrected chi connectivity index (χ0v) is 11.2. The normalized spacial score (nSPS) is 20.3. The molecule has 4 heteroatoms. The van der Waals surface area contributed by atoms with Crippen LogP contribution < -0.4 is 10.6 Å². The smallest absolute Gasteiger partial charge is 0.127 e. The van der Waals surface area contributed by atoms with E-state index in [0.717, 1.165) is 18.8 Å². The topological polar surface area (TPSA) is 32.5 Å². The van der Waals surface area contributed by atoms with E-state index >= 15 is 0 Å². The lowest BCUT2D eigenvalue weighted by atomic mass is 10.2. The highest BCUT2D eigenvalue weighted by molar-refractivity contribution is 5.56. The summed E-state index contributed by atoms with van der Waals surface area (Å²) in [5.41, 5.74) is 7.02. The molecule has 0 amide bonds. The Morgan fingerprint density at radius 2 is 2.22 bits per heavy atom. The lowest BCUT2D eigenvalue weighted by Crippen LogP contribution is -2.38. The van der Waals surface area contributed by atoms with E-state index < -0.39 is 0 Å². The monoisotopic (exact) mass is 251 g/mol. The van der Waals surface area contributed by atoms with E-state index in [1.165, 1.54) is 25.5 Å². The van der Waals surface area contributed by atoms with E-state index in [1.54, 1.807) is 6.07 Å². The van der Waals surface area contributed by atoms with Crippen LogP contribution in [0.3, 0.4) is 0 Å². The first-order valence-corrected chi connectivity index (χ1v) is 6.61. The summed E-state index contributed by atoms with van der Waals surface area (Å²) in [5.74, 6) is -0.268. The SMILES string of the molecule is CCN1CCCC1CN(C)c1cc(N)cc(F)c1. The molecule has 3 nitrogen and oxygen atoms in total. The number of nitrogens with two attached hydrogens (primary N) is 1. The molecule has 1 aliphatic rings. The summed E-state index contributed by atoms with van der Waals surface area (Å²) in [5, 5.41) is 0. The third kappa shape index (κ3) is 2.93. The second-order valence-electron chi connectivity index (χ2n) is 5.05. The van der Waals surface area contributed by atoms with Crippen LogP contribution in [0.1, 0.15) is 19.8 Å². The van der Waals surface area contributed by atoms with E-state index in [-0.39, 0.29) is 5.82 Å². The first-order chi connectivity index (χ1) is 8.60. The van der Waals surface area contributed by atoms with Gasteiger partial charge in [0.2, 0.25) is 0 Å². The van der Waals surface area contributed by atoms with Gasteiger partial charge in [-0.25, -0.2) is 4.39 Å². The number of nitrogen functional groups attached to an aromatic ring is 1. The van der Waals surface area contributed by atoms with Crippen LogP contribution in [0.4, 0.5) is 15.8 Å². The predicted molar refractivity (Wildman–Crippen MR) is 74.4 cm³/mol. The minimum absolute atomic E-state index is 0.268. The van der Waals surface area contributed by atoms with Crippen LogP contribution in [-0.2, 0) is 0 Å². The standard InChI is InChI=1S/C14H22FN3/c1-3-18-6-4-5-13(18)10-17(2)14-8-11(15)7-12(16)9-14/h7-9,13H,3-6,10,16H2,1-2H3. The molecule has 1 aromatic rings. The minimum Gasteiger partial charge on any atom is -0.399 e. The van der Waals surface area contributed by atoms with Gasteiger partial charge in [0.05, 0.1) is 0 Å². The molecular weight excluding hydrogens is 229 g/mol. The highest BCUT2D eigenvalue weighted by Crippen LogP contribution is 2.22. The Bertz CT molecular complexity index is 388. The maximum Gasteiger partial charge on any atom is 0.127 e. The quantitative estimate of drug-likeness (QED) is 0.834. The van der Waals surface area contributed by atoms with Gasteiger partial charge < -0.3 is 10.6 Å². The van der Waals surface area contributed by atoms with E-state index in [2.05, 4.69) is 16.7 Å². The molecule has 1 aromatic carbocycles. The summed E-state index contributed by atoms with van der Waals surface area (Å²) in [7, 11) is 2.00. The van der Waals surface area contributed by atoms with Gasteiger partial charge in [-0.15, -0.1) is 0 Å². The van der Waals surface area contributed by atoms with Gasteiger partial charge in [0, 0.05) is 31.0 Å². The third-order valence-electron chi connectivity index (χ3n) is 3.74. The summed E-state index contributed by atoms with van der Waals surface area (Å²) in [6.07, 6.45) is 2.49. The van der Waals surface area contributed by atoms with E-state index in [0.29, 0.717) is 11.7 Å². The number of anilines is 2. The van der Waals surface area contributed by atoms with Gasteiger partial charge in [-0.2, -0.15) is 0 Å². The first kappa shape index (κ1) is 13.1. The van der Waals surface area contributed by atoms with Crippen molar-refractivity contribution in [3.05, 3.63) is 24.0 Å². The summed E-state index contributed by atoms with van der Waals surface area (Å²) >= 11 is 0. The molecule has 18 heavy (non-hydrogen) atoms. The molecule has 2 N–H and O–H groups in total. The Hall–Kier alpha value is -1.29. The Kier molecular flexibility index (Phi) is 4.07. The number of rotatable bonds is 4. The van der Waals surface area contributed by atoms with Crippen molar-refractivity contribution in [3.8, 4) is 0 Å². The molecule has 1 saturated heterocycles. The average Bonchev–Trinajstić information content (AvgIpc) is 2.75. The fourth-order valence-electron chi connectivity index (χ4n) is 2.76. The number of likely N-dealkylation sites (N-methyl/N-ethyl adjacent to an activating group) is 2. The van der Waals surface area contributed by atoms with Gasteiger partial charge in [0.1, 0.15) is 5.82 Å². The zero-order valence-electron chi connectivity index (χ0n) is 11.2. The Labute approximate surface area is 108 Å². The van der Waals surface area contributed by atoms with Crippen molar-refractivity contribution < 1.29 is 4.39 Å². The van der Waals surface area contributed by atoms with Crippen molar-refractivity contribution in [2.75, 3.05) is 37.3 Å². The molecule has 1 atom stereocenters. The van der Waals surface area contributed by atoms with Crippen molar-refractivity contribution in [2.45, 2.75) is 25.8 Å². The van der Waals surface area contributed by atoms with E-state index in [9.17, 15) is 4.39 Å². The summed E-state index contributed by atoms with van der Waals surface area (Å²) in [4.78, 5) is 4.58. The number of hydrogen-bond donors (Lipinski definition) is 1. The number of hydrogen-bond acceptors (Lipinski definition) is 3. The number of likely N-dealkylation sites (tertiary alicyclic amines) is 1. The fourth-order valence-corrected chi connectivity index (χ4v) is 2.76. The fraction of sp³-hybridized carbons (Fsp3) is 0.571. The zero-order chi connectivity index (χ0) is 13.1. The van der Waals surface area contributed by atoms with Gasteiger partial charge in [-0.3, -0.25) is 4.90 Å². The van der Waals surface area contributed by atoms with Gasteiger partial charge >= 0.3 is 0 Å². The van der Waals surface area contributed by atoms with Crippen LogP contribution in [0.2, 0.25) is 0 Å². The van der Waals surface area contributed by atoms with Crippen LogP contribution in [0.5, 0.6) is 0 Å². The van der Waals surface area contributed by atoms with Crippen molar-refractivity contribution in [2.24, 2.45) is 0 Å². The minimum atomic E-state index is -0.268. The molecule has 0 spiro atoms.